The van der Waals surface area contributed by atoms with Crippen LogP contribution in [0.25, 0.3) is 20.4 Å². The van der Waals surface area contributed by atoms with Gasteiger partial charge in [0.2, 0.25) is 0 Å². The number of rotatable bonds is 2. The molecule has 1 saturated heterocycles. The smallest absolute Gasteiger partial charge is 0.186 e. The minimum absolute atomic E-state index is 0.993. The van der Waals surface area contributed by atoms with Gasteiger partial charge in [0.05, 0.1) is 20.4 Å². The number of fused-ring (bicyclic) bond motifs is 2. The number of piperazine rings is 1. The van der Waals surface area contributed by atoms with Crippen LogP contribution in [0.2, 0.25) is 0 Å². The van der Waals surface area contributed by atoms with E-state index in [0.717, 1.165) is 42.0 Å². The molecule has 4 aromatic rings. The zero-order chi connectivity index (χ0) is 18.5. The maximum atomic E-state index is 4.95. The van der Waals surface area contributed by atoms with Crippen LogP contribution < -0.4 is 9.80 Å². The molecule has 0 radical (unpaired) electrons. The van der Waals surface area contributed by atoms with Crippen molar-refractivity contribution in [1.29, 1.82) is 0 Å². The highest BCUT2D eigenvalue weighted by Crippen LogP contribution is 2.34. The normalized spacial score (nSPS) is 15.2. The number of aromatic nitrogens is 2. The van der Waals surface area contributed by atoms with Crippen LogP contribution >= 0.6 is 22.7 Å². The summed E-state index contributed by atoms with van der Waals surface area (Å²) in [4.78, 5) is 14.7. The van der Waals surface area contributed by atoms with Gasteiger partial charge in [-0.25, -0.2) is 9.97 Å². The highest BCUT2D eigenvalue weighted by atomic mass is 32.1. The van der Waals surface area contributed by atoms with E-state index in [1.165, 1.54) is 31.6 Å². The lowest BCUT2D eigenvalue weighted by Gasteiger charge is -2.34. The molecule has 0 saturated carbocycles. The summed E-state index contributed by atoms with van der Waals surface area (Å²) in [5.74, 6) is 0. The molecule has 0 N–H and O–H groups in total. The Morgan fingerprint density at radius 2 is 1.30 bits per heavy atom. The van der Waals surface area contributed by atoms with Crippen molar-refractivity contribution >= 4 is 53.4 Å². The number of benzene rings is 2. The average Bonchev–Trinajstić information content (AvgIpc) is 3.30. The number of hydrogen-bond donors (Lipinski definition) is 0. The molecular formula is C21H22N4S2. The molecule has 27 heavy (non-hydrogen) atoms. The van der Waals surface area contributed by atoms with Gasteiger partial charge in [0, 0.05) is 26.2 Å². The molecule has 1 fully saturated rings. The highest BCUT2D eigenvalue weighted by Gasteiger charge is 2.22. The van der Waals surface area contributed by atoms with Gasteiger partial charge in [-0.2, -0.15) is 0 Å². The molecule has 3 heterocycles. The largest absolute Gasteiger partial charge is 0.345 e. The Hall–Kier alpha value is -2.18. The monoisotopic (exact) mass is 394 g/mol. The van der Waals surface area contributed by atoms with Crippen LogP contribution in [0.3, 0.4) is 0 Å². The first-order chi connectivity index (χ1) is 13.1. The molecule has 0 bridgehead atoms. The van der Waals surface area contributed by atoms with E-state index in [-0.39, 0.29) is 0 Å². The fourth-order valence-electron chi connectivity index (χ4n) is 3.65. The van der Waals surface area contributed by atoms with Crippen molar-refractivity contribution in [3.63, 3.8) is 0 Å². The number of thiazole rings is 2. The van der Waals surface area contributed by atoms with Crippen molar-refractivity contribution in [2.24, 2.45) is 0 Å². The van der Waals surface area contributed by atoms with Crippen LogP contribution in [-0.4, -0.2) is 36.1 Å². The number of nitrogens with zero attached hydrogens (tertiary/aromatic N) is 4. The standard InChI is InChI=1S/C21H22N4S2/c1-13-7-8-17-19(15(13)3)23-21(27-17)25-11-9-24(10-12-25)20-22-18-14(2)5-4-6-16(18)26-20/h4-8H,9-12H2,1-3H3. The van der Waals surface area contributed by atoms with Crippen LogP contribution in [0.15, 0.2) is 30.3 Å². The van der Waals surface area contributed by atoms with Crippen LogP contribution in [-0.2, 0) is 0 Å². The Balaban J connectivity index is 1.36. The molecule has 2 aromatic carbocycles. The van der Waals surface area contributed by atoms with E-state index in [1.807, 2.05) is 11.3 Å². The van der Waals surface area contributed by atoms with Crippen LogP contribution in [0.4, 0.5) is 10.3 Å². The molecule has 0 atom stereocenters. The minimum Gasteiger partial charge on any atom is -0.345 e. The molecule has 0 unspecified atom stereocenters. The quantitative estimate of drug-likeness (QED) is 0.470. The first kappa shape index (κ1) is 17.0. The molecule has 2 aromatic heterocycles. The summed E-state index contributed by atoms with van der Waals surface area (Å²) in [6, 6.07) is 10.8. The molecule has 6 heteroatoms. The minimum atomic E-state index is 0.993. The van der Waals surface area contributed by atoms with E-state index in [9.17, 15) is 0 Å². The van der Waals surface area contributed by atoms with Gasteiger partial charge in [-0.3, -0.25) is 0 Å². The van der Waals surface area contributed by atoms with Crippen molar-refractivity contribution in [3.8, 4) is 0 Å². The zero-order valence-electron chi connectivity index (χ0n) is 15.8. The van der Waals surface area contributed by atoms with Gasteiger partial charge in [0.15, 0.2) is 10.3 Å². The van der Waals surface area contributed by atoms with E-state index in [1.54, 1.807) is 11.3 Å². The van der Waals surface area contributed by atoms with E-state index < -0.39 is 0 Å². The SMILES string of the molecule is Cc1ccc2sc(N3CCN(c4nc5c(C)cccc5s4)CC3)nc2c1C. The maximum Gasteiger partial charge on any atom is 0.186 e. The third-order valence-electron chi connectivity index (χ3n) is 5.50. The Morgan fingerprint density at radius 1 is 0.704 bits per heavy atom. The summed E-state index contributed by atoms with van der Waals surface area (Å²) in [6.07, 6.45) is 0. The van der Waals surface area contributed by atoms with E-state index in [0.29, 0.717) is 0 Å². The van der Waals surface area contributed by atoms with Gasteiger partial charge in [-0.1, -0.05) is 40.9 Å². The molecule has 1 aliphatic rings. The van der Waals surface area contributed by atoms with Crippen LogP contribution in [0, 0.1) is 20.8 Å². The highest BCUT2D eigenvalue weighted by molar-refractivity contribution is 7.22. The van der Waals surface area contributed by atoms with Gasteiger partial charge < -0.3 is 9.80 Å². The second-order valence-electron chi connectivity index (χ2n) is 7.24. The molecule has 138 valence electrons. The average molecular weight is 395 g/mol. The van der Waals surface area contributed by atoms with Crippen molar-refractivity contribution in [2.45, 2.75) is 20.8 Å². The lowest BCUT2D eigenvalue weighted by molar-refractivity contribution is 0.651. The third kappa shape index (κ3) is 2.87. The zero-order valence-corrected chi connectivity index (χ0v) is 17.5. The summed E-state index contributed by atoms with van der Waals surface area (Å²) in [6.45, 7) is 10.4. The van der Waals surface area contributed by atoms with Crippen molar-refractivity contribution in [3.05, 3.63) is 47.0 Å². The fourth-order valence-corrected chi connectivity index (χ4v) is 5.82. The lowest BCUT2D eigenvalue weighted by atomic mass is 10.1. The van der Waals surface area contributed by atoms with E-state index in [4.69, 9.17) is 9.97 Å². The lowest BCUT2D eigenvalue weighted by Crippen LogP contribution is -2.46. The topological polar surface area (TPSA) is 32.3 Å². The van der Waals surface area contributed by atoms with Gasteiger partial charge in [-0.05, 0) is 49.6 Å². The molecule has 1 aliphatic heterocycles. The van der Waals surface area contributed by atoms with Gasteiger partial charge >= 0.3 is 0 Å². The summed E-state index contributed by atoms with van der Waals surface area (Å²) in [5.41, 5.74) is 6.19. The van der Waals surface area contributed by atoms with Crippen LogP contribution in [0.1, 0.15) is 16.7 Å². The summed E-state index contributed by atoms with van der Waals surface area (Å²) in [7, 11) is 0. The van der Waals surface area contributed by atoms with Crippen LogP contribution in [0.5, 0.6) is 0 Å². The van der Waals surface area contributed by atoms with Crippen molar-refractivity contribution < 1.29 is 0 Å². The number of aryl methyl sites for hydroxylation is 3. The summed E-state index contributed by atoms with van der Waals surface area (Å²) >= 11 is 3.62. The number of para-hydroxylation sites is 1. The second-order valence-corrected chi connectivity index (χ2v) is 9.26. The van der Waals surface area contributed by atoms with Gasteiger partial charge in [-0.15, -0.1) is 0 Å². The molecule has 0 spiro atoms. The summed E-state index contributed by atoms with van der Waals surface area (Å²) in [5, 5.41) is 2.30. The van der Waals surface area contributed by atoms with E-state index in [2.05, 4.69) is 60.9 Å². The Morgan fingerprint density at radius 3 is 1.93 bits per heavy atom. The predicted molar refractivity (Wildman–Crippen MR) is 118 cm³/mol. The molecular weight excluding hydrogens is 372 g/mol. The van der Waals surface area contributed by atoms with Crippen molar-refractivity contribution in [2.75, 3.05) is 36.0 Å². The van der Waals surface area contributed by atoms with Gasteiger partial charge in [0.25, 0.3) is 0 Å². The first-order valence-corrected chi connectivity index (χ1v) is 11.0. The Kier molecular flexibility index (Phi) is 4.06. The third-order valence-corrected chi connectivity index (χ3v) is 7.67. The molecule has 0 amide bonds. The second kappa shape index (κ2) is 6.46. The molecule has 0 aliphatic carbocycles. The Bertz CT molecular complexity index is 1140. The molecule has 4 nitrogen and oxygen atoms in total. The number of anilines is 2. The maximum absolute atomic E-state index is 4.95. The number of hydrogen-bond acceptors (Lipinski definition) is 6. The van der Waals surface area contributed by atoms with E-state index >= 15 is 0 Å². The predicted octanol–water partition coefficient (Wildman–Crippen LogP) is 5.16. The van der Waals surface area contributed by atoms with Crippen molar-refractivity contribution in [1.82, 2.24) is 9.97 Å². The fraction of sp³-hybridized carbons (Fsp3) is 0.333. The van der Waals surface area contributed by atoms with Gasteiger partial charge in [0.1, 0.15) is 0 Å². The summed E-state index contributed by atoms with van der Waals surface area (Å²) < 4.78 is 2.57. The Labute approximate surface area is 167 Å². The molecule has 5 rings (SSSR count). The first-order valence-electron chi connectivity index (χ1n) is 9.33.